The molecule has 1 atom stereocenters. The summed E-state index contributed by atoms with van der Waals surface area (Å²) in [5.41, 5.74) is 2.61. The van der Waals surface area contributed by atoms with Crippen molar-refractivity contribution in [3.8, 4) is 17.6 Å². The summed E-state index contributed by atoms with van der Waals surface area (Å²) in [5, 5.41) is 15.0. The highest BCUT2D eigenvalue weighted by Crippen LogP contribution is 2.33. The van der Waals surface area contributed by atoms with Crippen molar-refractivity contribution >= 4 is 17.3 Å². The molecule has 0 saturated carbocycles. The summed E-state index contributed by atoms with van der Waals surface area (Å²) in [6.45, 7) is 3.67. The van der Waals surface area contributed by atoms with Crippen LogP contribution in [-0.2, 0) is 4.79 Å². The standard InChI is InChI=1S/C19H21N3O3/c1-12-9-17(24-3)18(25-4)10-16(12)21-13(2)19(23)22-15-8-6-5-7-14(15)11-20/h5-10,13,21H,1-4H3,(H,22,23)/t13-/m1/s1. The Morgan fingerprint density at radius 2 is 1.76 bits per heavy atom. The van der Waals surface area contributed by atoms with Crippen LogP contribution in [0.25, 0.3) is 0 Å². The van der Waals surface area contributed by atoms with E-state index in [2.05, 4.69) is 16.7 Å². The van der Waals surface area contributed by atoms with Crippen molar-refractivity contribution in [3.63, 3.8) is 0 Å². The van der Waals surface area contributed by atoms with Gasteiger partial charge in [-0.25, -0.2) is 0 Å². The number of ether oxygens (including phenoxy) is 2. The Morgan fingerprint density at radius 3 is 2.40 bits per heavy atom. The second kappa shape index (κ2) is 8.06. The molecule has 0 aliphatic carbocycles. The fourth-order valence-electron chi connectivity index (χ4n) is 2.37. The van der Waals surface area contributed by atoms with Crippen LogP contribution in [0.15, 0.2) is 36.4 Å². The van der Waals surface area contributed by atoms with Gasteiger partial charge in [-0.05, 0) is 37.6 Å². The van der Waals surface area contributed by atoms with Crippen molar-refractivity contribution in [1.82, 2.24) is 0 Å². The van der Waals surface area contributed by atoms with Crippen LogP contribution in [0.3, 0.4) is 0 Å². The van der Waals surface area contributed by atoms with Crippen LogP contribution in [0.4, 0.5) is 11.4 Å². The summed E-state index contributed by atoms with van der Waals surface area (Å²) < 4.78 is 10.6. The molecule has 0 heterocycles. The van der Waals surface area contributed by atoms with Gasteiger partial charge >= 0.3 is 0 Å². The first-order chi connectivity index (χ1) is 12.0. The number of rotatable bonds is 6. The van der Waals surface area contributed by atoms with E-state index in [9.17, 15) is 4.79 Å². The van der Waals surface area contributed by atoms with Gasteiger partial charge in [0.15, 0.2) is 11.5 Å². The van der Waals surface area contributed by atoms with Gasteiger partial charge in [0.25, 0.3) is 0 Å². The average Bonchev–Trinajstić information content (AvgIpc) is 2.63. The van der Waals surface area contributed by atoms with Crippen molar-refractivity contribution in [2.45, 2.75) is 19.9 Å². The minimum Gasteiger partial charge on any atom is -0.493 e. The largest absolute Gasteiger partial charge is 0.493 e. The predicted molar refractivity (Wildman–Crippen MR) is 97.2 cm³/mol. The van der Waals surface area contributed by atoms with E-state index < -0.39 is 6.04 Å². The van der Waals surface area contributed by atoms with Gasteiger partial charge in [-0.3, -0.25) is 4.79 Å². The van der Waals surface area contributed by atoms with Crippen LogP contribution < -0.4 is 20.1 Å². The fourth-order valence-corrected chi connectivity index (χ4v) is 2.37. The van der Waals surface area contributed by atoms with E-state index in [4.69, 9.17) is 14.7 Å². The van der Waals surface area contributed by atoms with E-state index in [-0.39, 0.29) is 5.91 Å². The van der Waals surface area contributed by atoms with E-state index >= 15 is 0 Å². The van der Waals surface area contributed by atoms with Crippen molar-refractivity contribution in [1.29, 1.82) is 5.26 Å². The summed E-state index contributed by atoms with van der Waals surface area (Å²) in [5.74, 6) is 0.973. The summed E-state index contributed by atoms with van der Waals surface area (Å²) in [4.78, 5) is 12.4. The number of nitriles is 1. The van der Waals surface area contributed by atoms with Crippen LogP contribution >= 0.6 is 0 Å². The summed E-state index contributed by atoms with van der Waals surface area (Å²) in [7, 11) is 3.14. The monoisotopic (exact) mass is 339 g/mol. The minimum atomic E-state index is -0.511. The maximum absolute atomic E-state index is 12.4. The molecule has 1 amide bonds. The topological polar surface area (TPSA) is 83.4 Å². The normalized spacial score (nSPS) is 11.2. The third-order valence-corrected chi connectivity index (χ3v) is 3.80. The zero-order valence-electron chi connectivity index (χ0n) is 14.7. The molecule has 0 fully saturated rings. The van der Waals surface area contributed by atoms with Crippen molar-refractivity contribution in [2.75, 3.05) is 24.9 Å². The maximum Gasteiger partial charge on any atom is 0.246 e. The van der Waals surface area contributed by atoms with Crippen molar-refractivity contribution in [3.05, 3.63) is 47.5 Å². The lowest BCUT2D eigenvalue weighted by Crippen LogP contribution is -2.32. The molecule has 6 nitrogen and oxygen atoms in total. The highest BCUT2D eigenvalue weighted by molar-refractivity contribution is 5.97. The first kappa shape index (κ1) is 18.1. The number of para-hydroxylation sites is 1. The van der Waals surface area contributed by atoms with Gasteiger partial charge in [-0.15, -0.1) is 0 Å². The number of carbonyl (C=O) groups excluding carboxylic acids is 1. The molecular weight excluding hydrogens is 318 g/mol. The van der Waals surface area contributed by atoms with Gasteiger partial charge in [0.05, 0.1) is 25.5 Å². The molecule has 0 radical (unpaired) electrons. The van der Waals surface area contributed by atoms with Gasteiger partial charge in [-0.2, -0.15) is 5.26 Å². The van der Waals surface area contributed by atoms with Crippen LogP contribution in [0.2, 0.25) is 0 Å². The van der Waals surface area contributed by atoms with Gasteiger partial charge in [0.2, 0.25) is 5.91 Å². The molecule has 2 rings (SSSR count). The number of benzene rings is 2. The Bertz CT molecular complexity index is 812. The first-order valence-electron chi connectivity index (χ1n) is 7.79. The number of nitrogens with zero attached hydrogens (tertiary/aromatic N) is 1. The molecule has 0 bridgehead atoms. The second-order valence-corrected chi connectivity index (χ2v) is 5.53. The Hall–Kier alpha value is -3.20. The average molecular weight is 339 g/mol. The number of hydrogen-bond donors (Lipinski definition) is 2. The van der Waals surface area contributed by atoms with Gasteiger partial charge in [0, 0.05) is 11.8 Å². The van der Waals surface area contributed by atoms with Gasteiger partial charge < -0.3 is 20.1 Å². The fraction of sp³-hybridized carbons (Fsp3) is 0.263. The van der Waals surface area contributed by atoms with E-state index in [1.807, 2.05) is 13.0 Å². The number of hydrogen-bond acceptors (Lipinski definition) is 5. The lowest BCUT2D eigenvalue weighted by Gasteiger charge is -2.19. The van der Waals surface area contributed by atoms with Crippen LogP contribution in [0, 0.1) is 18.3 Å². The predicted octanol–water partition coefficient (Wildman–Crippen LogP) is 3.32. The number of methoxy groups -OCH3 is 2. The summed E-state index contributed by atoms with van der Waals surface area (Å²) >= 11 is 0. The lowest BCUT2D eigenvalue weighted by atomic mass is 10.1. The quantitative estimate of drug-likeness (QED) is 0.843. The van der Waals surface area contributed by atoms with Crippen LogP contribution in [-0.4, -0.2) is 26.2 Å². The Labute approximate surface area is 147 Å². The molecule has 25 heavy (non-hydrogen) atoms. The molecule has 130 valence electrons. The Morgan fingerprint density at radius 1 is 1.12 bits per heavy atom. The van der Waals surface area contributed by atoms with Crippen molar-refractivity contribution < 1.29 is 14.3 Å². The van der Waals surface area contributed by atoms with E-state index in [0.717, 1.165) is 11.3 Å². The Kier molecular flexibility index (Phi) is 5.85. The number of carbonyl (C=O) groups is 1. The highest BCUT2D eigenvalue weighted by Gasteiger charge is 2.17. The molecule has 0 aromatic heterocycles. The summed E-state index contributed by atoms with van der Waals surface area (Å²) in [6.07, 6.45) is 0. The van der Waals surface area contributed by atoms with E-state index in [1.165, 1.54) is 0 Å². The third-order valence-electron chi connectivity index (χ3n) is 3.80. The Balaban J connectivity index is 2.15. The number of amides is 1. The van der Waals surface area contributed by atoms with Gasteiger partial charge in [0.1, 0.15) is 12.1 Å². The second-order valence-electron chi connectivity index (χ2n) is 5.53. The lowest BCUT2D eigenvalue weighted by molar-refractivity contribution is -0.116. The van der Waals surface area contributed by atoms with Gasteiger partial charge in [-0.1, -0.05) is 12.1 Å². The van der Waals surface area contributed by atoms with Crippen LogP contribution in [0.1, 0.15) is 18.1 Å². The molecule has 6 heteroatoms. The SMILES string of the molecule is COc1cc(C)c(N[C@H](C)C(=O)Nc2ccccc2C#N)cc1OC. The molecule has 2 aromatic carbocycles. The molecular formula is C19H21N3O3. The minimum absolute atomic E-state index is 0.239. The first-order valence-corrected chi connectivity index (χ1v) is 7.79. The number of anilines is 2. The maximum atomic E-state index is 12.4. The molecule has 0 saturated heterocycles. The zero-order chi connectivity index (χ0) is 18.4. The molecule has 0 aliphatic rings. The number of aryl methyl sites for hydroxylation is 1. The third kappa shape index (κ3) is 4.21. The summed E-state index contributed by atoms with van der Waals surface area (Å²) in [6, 6.07) is 12.1. The van der Waals surface area contributed by atoms with Crippen molar-refractivity contribution in [2.24, 2.45) is 0 Å². The smallest absolute Gasteiger partial charge is 0.246 e. The number of nitrogens with one attached hydrogen (secondary N) is 2. The zero-order valence-corrected chi connectivity index (χ0v) is 14.7. The van der Waals surface area contributed by atoms with E-state index in [1.54, 1.807) is 51.5 Å². The molecule has 2 N–H and O–H groups in total. The van der Waals surface area contributed by atoms with E-state index in [0.29, 0.717) is 22.7 Å². The molecule has 0 unspecified atom stereocenters. The molecule has 2 aromatic rings. The highest BCUT2D eigenvalue weighted by atomic mass is 16.5. The van der Waals surface area contributed by atoms with Crippen LogP contribution in [0.5, 0.6) is 11.5 Å². The molecule has 0 spiro atoms. The molecule has 0 aliphatic heterocycles.